The molecule has 1 N–H and O–H groups in total. The summed E-state index contributed by atoms with van der Waals surface area (Å²) in [5.74, 6) is 2.50. The number of anilines is 1. The van der Waals surface area contributed by atoms with Gasteiger partial charge in [-0.25, -0.2) is 4.98 Å². The normalized spacial score (nSPS) is 27.1. The number of aliphatic hydroxyl groups is 1. The van der Waals surface area contributed by atoms with E-state index in [2.05, 4.69) is 23.7 Å². The van der Waals surface area contributed by atoms with Gasteiger partial charge in [-0.15, -0.1) is 0 Å². The van der Waals surface area contributed by atoms with Crippen molar-refractivity contribution in [2.75, 3.05) is 18.0 Å². The summed E-state index contributed by atoms with van der Waals surface area (Å²) in [6.07, 6.45) is 1.34. The van der Waals surface area contributed by atoms with Gasteiger partial charge in [0.25, 0.3) is 0 Å². The second kappa shape index (κ2) is 4.42. The molecule has 2 heterocycles. The molecule has 1 aromatic rings. The fraction of sp³-hybridized carbons (Fsp3) is 0.615. The van der Waals surface area contributed by atoms with Crippen LogP contribution in [0.2, 0.25) is 0 Å². The van der Waals surface area contributed by atoms with Gasteiger partial charge in [-0.2, -0.15) is 0 Å². The minimum Gasteiger partial charge on any atom is -0.389 e. The minimum atomic E-state index is -0.432. The van der Waals surface area contributed by atoms with Gasteiger partial charge in [-0.3, -0.25) is 0 Å². The van der Waals surface area contributed by atoms with E-state index in [1.807, 2.05) is 12.1 Å². The molecule has 1 aliphatic rings. The average Bonchev–Trinajstić information content (AvgIpc) is 2.59. The SMILES string of the molecule is CC1CN(c2ccc([C@H](C)O)cn2)CC1C. The van der Waals surface area contributed by atoms with Crippen molar-refractivity contribution >= 4 is 5.82 Å². The van der Waals surface area contributed by atoms with E-state index in [-0.39, 0.29) is 0 Å². The van der Waals surface area contributed by atoms with Crippen LogP contribution in [-0.4, -0.2) is 23.2 Å². The van der Waals surface area contributed by atoms with E-state index in [1.165, 1.54) is 0 Å². The Morgan fingerprint density at radius 1 is 1.31 bits per heavy atom. The number of aromatic nitrogens is 1. The Morgan fingerprint density at radius 2 is 1.94 bits per heavy atom. The molecule has 3 heteroatoms. The molecule has 0 radical (unpaired) electrons. The molecule has 0 saturated carbocycles. The van der Waals surface area contributed by atoms with Crippen molar-refractivity contribution in [1.29, 1.82) is 0 Å². The topological polar surface area (TPSA) is 36.4 Å². The molecule has 1 saturated heterocycles. The molecule has 2 rings (SSSR count). The molecule has 88 valence electrons. The van der Waals surface area contributed by atoms with E-state index in [4.69, 9.17) is 0 Å². The van der Waals surface area contributed by atoms with Gasteiger partial charge in [-0.05, 0) is 30.4 Å². The van der Waals surface area contributed by atoms with E-state index < -0.39 is 6.10 Å². The van der Waals surface area contributed by atoms with Crippen LogP contribution in [0, 0.1) is 11.8 Å². The highest BCUT2D eigenvalue weighted by Crippen LogP contribution is 2.26. The first-order valence-corrected chi connectivity index (χ1v) is 5.97. The zero-order chi connectivity index (χ0) is 11.7. The van der Waals surface area contributed by atoms with E-state index in [9.17, 15) is 5.11 Å². The van der Waals surface area contributed by atoms with Gasteiger partial charge in [0.15, 0.2) is 0 Å². The maximum atomic E-state index is 9.41. The number of nitrogens with zero attached hydrogens (tertiary/aromatic N) is 2. The first-order chi connectivity index (χ1) is 7.58. The maximum absolute atomic E-state index is 9.41. The minimum absolute atomic E-state index is 0.432. The van der Waals surface area contributed by atoms with Crippen molar-refractivity contribution in [3.05, 3.63) is 23.9 Å². The summed E-state index contributed by atoms with van der Waals surface area (Å²) in [6, 6.07) is 3.97. The van der Waals surface area contributed by atoms with Crippen LogP contribution in [0.5, 0.6) is 0 Å². The van der Waals surface area contributed by atoms with Gasteiger partial charge in [0.2, 0.25) is 0 Å². The molecule has 1 aromatic heterocycles. The quantitative estimate of drug-likeness (QED) is 0.830. The number of hydrogen-bond acceptors (Lipinski definition) is 3. The number of pyridine rings is 1. The lowest BCUT2D eigenvalue weighted by Gasteiger charge is -2.17. The number of aliphatic hydroxyl groups excluding tert-OH is 1. The highest BCUT2D eigenvalue weighted by molar-refractivity contribution is 5.41. The molecule has 0 bridgehead atoms. The molecule has 1 fully saturated rings. The third-order valence-corrected chi connectivity index (χ3v) is 3.57. The molecule has 1 aliphatic heterocycles. The Bertz CT molecular complexity index is 337. The second-order valence-electron chi connectivity index (χ2n) is 4.99. The lowest BCUT2D eigenvalue weighted by molar-refractivity contribution is 0.199. The van der Waals surface area contributed by atoms with E-state index in [0.717, 1.165) is 36.3 Å². The zero-order valence-electron chi connectivity index (χ0n) is 10.2. The molecular weight excluding hydrogens is 200 g/mol. The van der Waals surface area contributed by atoms with Crippen LogP contribution in [0.3, 0.4) is 0 Å². The largest absolute Gasteiger partial charge is 0.389 e. The second-order valence-corrected chi connectivity index (χ2v) is 4.99. The molecule has 3 nitrogen and oxygen atoms in total. The van der Waals surface area contributed by atoms with Crippen molar-refractivity contribution in [1.82, 2.24) is 4.98 Å². The summed E-state index contributed by atoms with van der Waals surface area (Å²) in [5.41, 5.74) is 0.879. The summed E-state index contributed by atoms with van der Waals surface area (Å²) in [7, 11) is 0. The third kappa shape index (κ3) is 2.19. The van der Waals surface area contributed by atoms with E-state index in [0.29, 0.717) is 0 Å². The number of hydrogen-bond donors (Lipinski definition) is 1. The van der Waals surface area contributed by atoms with Gasteiger partial charge in [-0.1, -0.05) is 19.9 Å². The molecule has 0 aliphatic carbocycles. The van der Waals surface area contributed by atoms with Crippen LogP contribution >= 0.6 is 0 Å². The predicted molar refractivity (Wildman–Crippen MR) is 65.4 cm³/mol. The van der Waals surface area contributed by atoms with Gasteiger partial charge in [0.05, 0.1) is 6.10 Å². The fourth-order valence-electron chi connectivity index (χ4n) is 2.15. The van der Waals surface area contributed by atoms with Crippen LogP contribution in [0.4, 0.5) is 5.82 Å². The molecule has 2 unspecified atom stereocenters. The van der Waals surface area contributed by atoms with Crippen molar-refractivity contribution < 1.29 is 5.11 Å². The molecule has 0 amide bonds. The van der Waals surface area contributed by atoms with Crippen LogP contribution in [0.25, 0.3) is 0 Å². The summed E-state index contributed by atoms with van der Waals surface area (Å²) >= 11 is 0. The maximum Gasteiger partial charge on any atom is 0.128 e. The fourth-order valence-corrected chi connectivity index (χ4v) is 2.15. The van der Waals surface area contributed by atoms with E-state index in [1.54, 1.807) is 13.1 Å². The first kappa shape index (κ1) is 11.4. The zero-order valence-corrected chi connectivity index (χ0v) is 10.2. The smallest absolute Gasteiger partial charge is 0.128 e. The summed E-state index contributed by atoms with van der Waals surface area (Å²) in [5, 5.41) is 9.41. The Kier molecular flexibility index (Phi) is 3.15. The third-order valence-electron chi connectivity index (χ3n) is 3.57. The summed E-state index contributed by atoms with van der Waals surface area (Å²) in [6.45, 7) is 8.50. The standard InChI is InChI=1S/C13H20N2O/c1-9-7-15(8-10(9)2)13-5-4-12(6-14-13)11(3)16/h4-6,9-11,16H,7-8H2,1-3H3/t9?,10?,11-/m0/s1. The van der Waals surface area contributed by atoms with Gasteiger partial charge in [0, 0.05) is 19.3 Å². The highest BCUT2D eigenvalue weighted by Gasteiger charge is 2.26. The van der Waals surface area contributed by atoms with Crippen molar-refractivity contribution in [3.63, 3.8) is 0 Å². The highest BCUT2D eigenvalue weighted by atomic mass is 16.3. The van der Waals surface area contributed by atoms with Crippen molar-refractivity contribution in [3.8, 4) is 0 Å². The molecule has 0 spiro atoms. The molecule has 16 heavy (non-hydrogen) atoms. The van der Waals surface area contributed by atoms with E-state index >= 15 is 0 Å². The average molecular weight is 220 g/mol. The Hall–Kier alpha value is -1.09. The Morgan fingerprint density at radius 3 is 2.38 bits per heavy atom. The molecule has 0 aromatic carbocycles. The number of rotatable bonds is 2. The van der Waals surface area contributed by atoms with Crippen molar-refractivity contribution in [2.24, 2.45) is 11.8 Å². The van der Waals surface area contributed by atoms with Crippen LogP contribution in [0.1, 0.15) is 32.4 Å². The van der Waals surface area contributed by atoms with Crippen LogP contribution in [0.15, 0.2) is 18.3 Å². The first-order valence-electron chi connectivity index (χ1n) is 5.97. The lowest BCUT2D eigenvalue weighted by Crippen LogP contribution is -2.20. The van der Waals surface area contributed by atoms with Crippen LogP contribution in [-0.2, 0) is 0 Å². The molecular formula is C13H20N2O. The summed E-state index contributed by atoms with van der Waals surface area (Å²) < 4.78 is 0. The molecule has 3 atom stereocenters. The summed E-state index contributed by atoms with van der Waals surface area (Å²) in [4.78, 5) is 6.74. The van der Waals surface area contributed by atoms with Gasteiger partial charge < -0.3 is 10.0 Å². The van der Waals surface area contributed by atoms with Gasteiger partial charge in [0.1, 0.15) is 5.82 Å². The van der Waals surface area contributed by atoms with Crippen molar-refractivity contribution in [2.45, 2.75) is 26.9 Å². The Balaban J connectivity index is 2.11. The van der Waals surface area contributed by atoms with Gasteiger partial charge >= 0.3 is 0 Å². The lowest BCUT2D eigenvalue weighted by atomic mass is 10.0. The van der Waals surface area contributed by atoms with Crippen LogP contribution < -0.4 is 4.90 Å². The monoisotopic (exact) mass is 220 g/mol. The Labute approximate surface area is 97.1 Å². The predicted octanol–water partition coefficient (Wildman–Crippen LogP) is 2.23.